The molecule has 0 bridgehead atoms. The number of pyridine rings is 1. The Bertz CT molecular complexity index is 569. The van der Waals surface area contributed by atoms with Gasteiger partial charge in [0.15, 0.2) is 5.78 Å². The van der Waals surface area contributed by atoms with E-state index in [9.17, 15) is 4.79 Å². The van der Waals surface area contributed by atoms with Crippen LogP contribution in [0.2, 0.25) is 0 Å². The van der Waals surface area contributed by atoms with Crippen LogP contribution in [0.3, 0.4) is 0 Å². The van der Waals surface area contributed by atoms with E-state index in [2.05, 4.69) is 9.71 Å². The van der Waals surface area contributed by atoms with Gasteiger partial charge in [-0.05, 0) is 35.7 Å². The van der Waals surface area contributed by atoms with E-state index in [1.807, 2.05) is 30.3 Å². The summed E-state index contributed by atoms with van der Waals surface area (Å²) < 4.78 is 3.15. The van der Waals surface area contributed by atoms with E-state index in [-0.39, 0.29) is 5.78 Å². The molecule has 0 spiro atoms. The summed E-state index contributed by atoms with van der Waals surface area (Å²) in [5.41, 5.74) is 3.73. The Morgan fingerprint density at radius 2 is 2.18 bits per heavy atom. The van der Waals surface area contributed by atoms with Gasteiger partial charge in [0.05, 0.1) is 11.4 Å². The Kier molecular flexibility index (Phi) is 2.57. The van der Waals surface area contributed by atoms with Crippen LogP contribution in [-0.2, 0) is 0 Å². The molecule has 4 heteroatoms. The third-order valence-electron chi connectivity index (χ3n) is 2.70. The van der Waals surface area contributed by atoms with Crippen LogP contribution in [0, 0.1) is 0 Å². The highest BCUT2D eigenvalue weighted by Gasteiger charge is 2.17. The number of aromatic nitrogens is 1. The average Bonchev–Trinajstić information content (AvgIpc) is 2.40. The molecule has 0 aliphatic carbocycles. The molecule has 1 N–H and O–H groups in total. The molecule has 3 rings (SSSR count). The van der Waals surface area contributed by atoms with E-state index in [1.165, 1.54) is 11.9 Å². The Labute approximate surface area is 103 Å². The molecular formula is C13H10N2OS. The molecule has 1 aliphatic heterocycles. The monoisotopic (exact) mass is 242 g/mol. The predicted molar refractivity (Wildman–Crippen MR) is 70.1 cm³/mol. The number of fused-ring (bicyclic) bond motifs is 1. The van der Waals surface area contributed by atoms with Crippen molar-refractivity contribution in [3.05, 3.63) is 48.3 Å². The van der Waals surface area contributed by atoms with E-state index >= 15 is 0 Å². The summed E-state index contributed by atoms with van der Waals surface area (Å²) in [5, 5.41) is 0. The number of nitrogens with one attached hydrogen (secondary N) is 1. The van der Waals surface area contributed by atoms with Gasteiger partial charge in [-0.3, -0.25) is 9.78 Å². The van der Waals surface area contributed by atoms with Crippen molar-refractivity contribution in [1.82, 2.24) is 4.98 Å². The summed E-state index contributed by atoms with van der Waals surface area (Å²) >= 11 is 1.44. The van der Waals surface area contributed by atoms with Crippen molar-refractivity contribution in [3.63, 3.8) is 0 Å². The summed E-state index contributed by atoms with van der Waals surface area (Å²) in [7, 11) is 0. The highest BCUT2D eigenvalue weighted by atomic mass is 32.2. The van der Waals surface area contributed by atoms with E-state index in [0.29, 0.717) is 5.75 Å². The van der Waals surface area contributed by atoms with Crippen LogP contribution in [0.15, 0.2) is 42.7 Å². The van der Waals surface area contributed by atoms with Gasteiger partial charge in [-0.1, -0.05) is 12.1 Å². The Morgan fingerprint density at radius 3 is 3.00 bits per heavy atom. The van der Waals surface area contributed by atoms with E-state index in [1.54, 1.807) is 12.4 Å². The molecule has 0 fully saturated rings. The Hall–Kier alpha value is -1.81. The molecule has 1 aromatic heterocycles. The van der Waals surface area contributed by atoms with E-state index in [4.69, 9.17) is 0 Å². The maximum Gasteiger partial charge on any atom is 0.176 e. The number of Topliss-reactive ketones (excluding diaryl/α,β-unsaturated/α-hetero) is 1. The maximum absolute atomic E-state index is 11.8. The average molecular weight is 242 g/mol. The lowest BCUT2D eigenvalue weighted by Crippen LogP contribution is -2.13. The normalized spacial score (nSPS) is 14.0. The molecule has 3 nitrogen and oxygen atoms in total. The molecule has 0 amide bonds. The van der Waals surface area contributed by atoms with Gasteiger partial charge in [0.25, 0.3) is 0 Å². The molecule has 84 valence electrons. The number of rotatable bonds is 1. The first-order chi connectivity index (χ1) is 8.34. The van der Waals surface area contributed by atoms with Crippen LogP contribution in [0.1, 0.15) is 10.4 Å². The second-order valence-electron chi connectivity index (χ2n) is 3.82. The highest BCUT2D eigenvalue weighted by Crippen LogP contribution is 2.30. The smallest absolute Gasteiger partial charge is 0.176 e. The number of hydrogen-bond donors (Lipinski definition) is 1. The van der Waals surface area contributed by atoms with Gasteiger partial charge < -0.3 is 4.72 Å². The minimum atomic E-state index is 0.175. The largest absolute Gasteiger partial charge is 0.329 e. The number of hydrogen-bond acceptors (Lipinski definition) is 4. The first-order valence-corrected chi connectivity index (χ1v) is 6.28. The van der Waals surface area contributed by atoms with Gasteiger partial charge >= 0.3 is 0 Å². The van der Waals surface area contributed by atoms with Crippen molar-refractivity contribution in [2.45, 2.75) is 0 Å². The molecule has 0 radical (unpaired) electrons. The van der Waals surface area contributed by atoms with Crippen LogP contribution < -0.4 is 4.72 Å². The standard InChI is InChI=1S/C13H10N2OS/c16-13-8-17-15-12-4-3-9(6-11(12)13)10-2-1-5-14-7-10/h1-7,15H,8H2. The molecular weight excluding hydrogens is 232 g/mol. The van der Waals surface area contributed by atoms with Crippen LogP contribution in [-0.4, -0.2) is 16.5 Å². The molecule has 17 heavy (non-hydrogen) atoms. The fourth-order valence-corrected chi connectivity index (χ4v) is 2.53. The number of benzene rings is 1. The van der Waals surface area contributed by atoms with Crippen molar-refractivity contribution >= 4 is 23.4 Å². The van der Waals surface area contributed by atoms with E-state index in [0.717, 1.165) is 22.4 Å². The summed E-state index contributed by atoms with van der Waals surface area (Å²) in [6.07, 6.45) is 3.54. The van der Waals surface area contributed by atoms with Gasteiger partial charge in [-0.2, -0.15) is 0 Å². The van der Waals surface area contributed by atoms with Crippen molar-refractivity contribution in [3.8, 4) is 11.1 Å². The van der Waals surface area contributed by atoms with Crippen molar-refractivity contribution in [2.75, 3.05) is 10.5 Å². The molecule has 0 saturated carbocycles. The zero-order valence-electron chi connectivity index (χ0n) is 9.01. The number of anilines is 1. The molecule has 1 aromatic carbocycles. The van der Waals surface area contributed by atoms with Crippen LogP contribution >= 0.6 is 11.9 Å². The zero-order chi connectivity index (χ0) is 11.7. The minimum Gasteiger partial charge on any atom is -0.329 e. The third kappa shape index (κ3) is 1.91. The first-order valence-electron chi connectivity index (χ1n) is 5.30. The van der Waals surface area contributed by atoms with Crippen molar-refractivity contribution < 1.29 is 4.79 Å². The lowest BCUT2D eigenvalue weighted by atomic mass is 10.0. The topological polar surface area (TPSA) is 42.0 Å². The number of nitrogens with zero attached hydrogens (tertiary/aromatic N) is 1. The van der Waals surface area contributed by atoms with Gasteiger partial charge in [0, 0.05) is 23.5 Å². The second-order valence-corrected chi connectivity index (χ2v) is 4.60. The zero-order valence-corrected chi connectivity index (χ0v) is 9.83. The fourth-order valence-electron chi connectivity index (χ4n) is 1.83. The Balaban J connectivity index is 2.09. The van der Waals surface area contributed by atoms with Gasteiger partial charge in [0.1, 0.15) is 0 Å². The lowest BCUT2D eigenvalue weighted by molar-refractivity contribution is 0.102. The molecule has 2 heterocycles. The maximum atomic E-state index is 11.8. The van der Waals surface area contributed by atoms with Crippen molar-refractivity contribution in [1.29, 1.82) is 0 Å². The quantitative estimate of drug-likeness (QED) is 0.780. The lowest BCUT2D eigenvalue weighted by Gasteiger charge is -2.16. The van der Waals surface area contributed by atoms with Crippen LogP contribution in [0.5, 0.6) is 0 Å². The Morgan fingerprint density at radius 1 is 1.24 bits per heavy atom. The van der Waals surface area contributed by atoms with Gasteiger partial charge in [-0.15, -0.1) is 0 Å². The fraction of sp³-hybridized carbons (Fsp3) is 0.0769. The summed E-state index contributed by atoms with van der Waals surface area (Å²) in [5.74, 6) is 0.665. The predicted octanol–water partition coefficient (Wildman–Crippen LogP) is 3.01. The molecule has 1 aliphatic rings. The molecule has 0 unspecified atom stereocenters. The van der Waals surface area contributed by atoms with Crippen LogP contribution in [0.25, 0.3) is 11.1 Å². The summed E-state index contributed by atoms with van der Waals surface area (Å²) in [6, 6.07) is 9.76. The second kappa shape index (κ2) is 4.22. The van der Waals surface area contributed by atoms with E-state index < -0.39 is 0 Å². The highest BCUT2D eigenvalue weighted by molar-refractivity contribution is 8.01. The SMILES string of the molecule is O=C1CSNc2ccc(-c3cccnc3)cc21. The summed E-state index contributed by atoms with van der Waals surface area (Å²) in [6.45, 7) is 0. The number of carbonyl (C=O) groups is 1. The molecule has 0 saturated heterocycles. The molecule has 2 aromatic rings. The van der Waals surface area contributed by atoms with Gasteiger partial charge in [0.2, 0.25) is 0 Å². The van der Waals surface area contributed by atoms with Crippen LogP contribution in [0.4, 0.5) is 5.69 Å². The summed E-state index contributed by atoms with van der Waals surface area (Å²) in [4.78, 5) is 15.9. The number of carbonyl (C=O) groups excluding carboxylic acids is 1. The van der Waals surface area contributed by atoms with Crippen molar-refractivity contribution in [2.24, 2.45) is 0 Å². The minimum absolute atomic E-state index is 0.175. The molecule has 0 atom stereocenters. The van der Waals surface area contributed by atoms with Gasteiger partial charge in [-0.25, -0.2) is 0 Å². The third-order valence-corrected chi connectivity index (χ3v) is 3.47. The first kappa shape index (κ1) is 10.4. The number of ketones is 1.